The summed E-state index contributed by atoms with van der Waals surface area (Å²) in [6, 6.07) is 2.61. The third kappa shape index (κ3) is 2.25. The molecule has 0 atom stereocenters. The molecule has 0 aliphatic heterocycles. The Morgan fingerprint density at radius 2 is 2.10 bits per heavy atom. The van der Waals surface area contributed by atoms with Crippen LogP contribution in [-0.2, 0) is 12.8 Å². The smallest absolute Gasteiger partial charge is 0.338 e. The number of benzene rings is 1. The minimum Gasteiger partial charge on any atom is -0.478 e. The van der Waals surface area contributed by atoms with Gasteiger partial charge in [0.05, 0.1) is 10.3 Å². The van der Waals surface area contributed by atoms with Crippen LogP contribution >= 0.6 is 11.3 Å². The van der Waals surface area contributed by atoms with Crippen molar-refractivity contribution in [3.8, 4) is 0 Å². The Morgan fingerprint density at radius 1 is 1.38 bits per heavy atom. The van der Waals surface area contributed by atoms with E-state index >= 15 is 0 Å². The first-order valence-electron chi connectivity index (χ1n) is 6.80. The molecule has 21 heavy (non-hydrogen) atoms. The number of carboxylic acid groups (broad SMARTS) is 1. The Labute approximate surface area is 125 Å². The van der Waals surface area contributed by atoms with Gasteiger partial charge < -0.3 is 5.11 Å². The van der Waals surface area contributed by atoms with Crippen molar-refractivity contribution in [3.63, 3.8) is 0 Å². The van der Waals surface area contributed by atoms with Crippen LogP contribution in [0, 0.1) is 11.2 Å². The van der Waals surface area contributed by atoms with Gasteiger partial charge in [-0.3, -0.25) is 4.79 Å². The Balaban J connectivity index is 2.33. The summed E-state index contributed by atoms with van der Waals surface area (Å²) in [6.07, 6.45) is 2.37. The predicted molar refractivity (Wildman–Crippen MR) is 80.8 cm³/mol. The molecular weight excluding hydrogens is 291 g/mol. The topological polar surface area (TPSA) is 54.4 Å². The van der Waals surface area contributed by atoms with E-state index in [0.29, 0.717) is 11.8 Å². The fourth-order valence-corrected chi connectivity index (χ4v) is 4.35. The number of hydrogen-bond donors (Lipinski definition) is 1. The fourth-order valence-electron chi connectivity index (χ4n) is 2.86. The van der Waals surface area contributed by atoms with E-state index in [1.165, 1.54) is 23.5 Å². The number of rotatable bonds is 1. The average Bonchev–Trinajstić information content (AvgIpc) is 2.38. The molecule has 3 rings (SSSR count). The van der Waals surface area contributed by atoms with Gasteiger partial charge in [-0.1, -0.05) is 13.8 Å². The van der Waals surface area contributed by atoms with Gasteiger partial charge in [-0.25, -0.2) is 9.18 Å². The normalized spacial score (nSPS) is 16.7. The van der Waals surface area contributed by atoms with E-state index in [9.17, 15) is 14.0 Å². The highest BCUT2D eigenvalue weighted by atomic mass is 32.1. The Hall–Kier alpha value is -1.75. The zero-order valence-corrected chi connectivity index (χ0v) is 12.6. The largest absolute Gasteiger partial charge is 0.478 e. The molecule has 1 aliphatic rings. The predicted octanol–water partition coefficient (Wildman–Crippen LogP) is 3.61. The van der Waals surface area contributed by atoms with E-state index in [1.54, 1.807) is 0 Å². The lowest BCUT2D eigenvalue weighted by atomic mass is 9.77. The van der Waals surface area contributed by atoms with Gasteiger partial charge in [0.25, 0.3) is 0 Å². The molecule has 0 radical (unpaired) electrons. The van der Waals surface area contributed by atoms with Crippen LogP contribution in [0.3, 0.4) is 0 Å². The van der Waals surface area contributed by atoms with E-state index in [1.807, 2.05) is 0 Å². The second-order valence-corrected chi connectivity index (χ2v) is 7.39. The number of hydrogen-bond acceptors (Lipinski definition) is 3. The van der Waals surface area contributed by atoms with Crippen LogP contribution in [0.1, 0.15) is 41.1 Å². The van der Waals surface area contributed by atoms with Crippen LogP contribution in [0.5, 0.6) is 0 Å². The van der Waals surface area contributed by atoms with Gasteiger partial charge in [-0.05, 0) is 36.8 Å². The number of aromatic carboxylic acids is 1. The maximum Gasteiger partial charge on any atom is 0.338 e. The number of carboxylic acids is 1. The molecule has 5 heteroatoms. The van der Waals surface area contributed by atoms with Crippen molar-refractivity contribution in [2.45, 2.75) is 33.1 Å². The van der Waals surface area contributed by atoms with Gasteiger partial charge in [-0.15, -0.1) is 11.3 Å². The van der Waals surface area contributed by atoms with Crippen LogP contribution in [0.15, 0.2) is 16.9 Å². The molecule has 110 valence electrons. The van der Waals surface area contributed by atoms with Crippen molar-refractivity contribution in [2.24, 2.45) is 5.41 Å². The first-order valence-corrected chi connectivity index (χ1v) is 7.62. The molecule has 0 fully saturated rings. The van der Waals surface area contributed by atoms with Crippen LogP contribution in [-0.4, -0.2) is 11.1 Å². The summed E-state index contributed by atoms with van der Waals surface area (Å²) in [6.45, 7) is 4.25. The number of carbonyl (C=O) groups is 1. The molecule has 0 bridgehead atoms. The molecule has 0 saturated carbocycles. The minimum absolute atomic E-state index is 0.0878. The van der Waals surface area contributed by atoms with Crippen molar-refractivity contribution in [1.29, 1.82) is 0 Å². The molecular formula is C16H15FO3S. The lowest BCUT2D eigenvalue weighted by molar-refractivity contribution is 0.0692. The summed E-state index contributed by atoms with van der Waals surface area (Å²) in [5, 5.41) is 9.29. The third-order valence-corrected chi connectivity index (χ3v) is 5.34. The molecule has 0 amide bonds. The molecule has 1 heterocycles. The van der Waals surface area contributed by atoms with Crippen molar-refractivity contribution >= 4 is 27.4 Å². The summed E-state index contributed by atoms with van der Waals surface area (Å²) >= 11 is 1.23. The minimum atomic E-state index is -1.31. The number of halogens is 1. The van der Waals surface area contributed by atoms with Crippen molar-refractivity contribution < 1.29 is 14.3 Å². The highest BCUT2D eigenvalue weighted by Gasteiger charge is 2.29. The van der Waals surface area contributed by atoms with Crippen LogP contribution in [0.4, 0.5) is 4.39 Å². The van der Waals surface area contributed by atoms with Gasteiger partial charge >= 0.3 is 5.97 Å². The van der Waals surface area contributed by atoms with Crippen molar-refractivity contribution in [2.75, 3.05) is 0 Å². The molecule has 0 unspecified atom stereocenters. The second kappa shape index (κ2) is 4.63. The van der Waals surface area contributed by atoms with Gasteiger partial charge in [0.2, 0.25) is 0 Å². The van der Waals surface area contributed by atoms with Crippen LogP contribution < -0.4 is 5.43 Å². The van der Waals surface area contributed by atoms with E-state index in [-0.39, 0.29) is 21.1 Å². The molecule has 1 aromatic carbocycles. The van der Waals surface area contributed by atoms with E-state index in [0.717, 1.165) is 23.3 Å². The molecule has 2 aromatic rings. The van der Waals surface area contributed by atoms with Crippen LogP contribution in [0.25, 0.3) is 10.1 Å². The number of fused-ring (bicyclic) bond motifs is 2. The summed E-state index contributed by atoms with van der Waals surface area (Å²) in [5.41, 5.74) is 0.331. The first-order chi connectivity index (χ1) is 9.80. The molecule has 3 nitrogen and oxygen atoms in total. The highest BCUT2D eigenvalue weighted by Crippen LogP contribution is 2.38. The summed E-state index contributed by atoms with van der Waals surface area (Å²) in [4.78, 5) is 24.4. The summed E-state index contributed by atoms with van der Waals surface area (Å²) in [7, 11) is 0. The third-order valence-electron chi connectivity index (χ3n) is 4.10. The van der Waals surface area contributed by atoms with E-state index < -0.39 is 11.8 Å². The monoisotopic (exact) mass is 306 g/mol. The quantitative estimate of drug-likeness (QED) is 0.875. The standard InChI is InChI=1S/C16H15FO3S/c1-16(2)6-5-8-11(7-16)21-14-10(13(8)18)4-3-9(12(14)17)15(19)20/h3-4H,5-7H2,1-2H3,(H,19,20). The average molecular weight is 306 g/mol. The summed E-state index contributed by atoms with van der Waals surface area (Å²) in [5.74, 6) is -2.11. The Bertz CT molecular complexity index is 820. The van der Waals surface area contributed by atoms with Crippen LogP contribution in [0.2, 0.25) is 0 Å². The van der Waals surface area contributed by atoms with E-state index in [2.05, 4.69) is 13.8 Å². The molecule has 0 spiro atoms. The lowest BCUT2D eigenvalue weighted by Crippen LogP contribution is -2.26. The maximum absolute atomic E-state index is 14.4. The highest BCUT2D eigenvalue weighted by molar-refractivity contribution is 7.18. The zero-order chi connectivity index (χ0) is 15.4. The van der Waals surface area contributed by atoms with Gasteiger partial charge in [-0.2, -0.15) is 0 Å². The van der Waals surface area contributed by atoms with Gasteiger partial charge in [0.15, 0.2) is 11.2 Å². The summed E-state index contributed by atoms with van der Waals surface area (Å²) < 4.78 is 14.5. The second-order valence-electron chi connectivity index (χ2n) is 6.28. The van der Waals surface area contributed by atoms with Crippen molar-refractivity contribution in [1.82, 2.24) is 0 Å². The molecule has 1 aromatic heterocycles. The van der Waals surface area contributed by atoms with E-state index in [4.69, 9.17) is 5.11 Å². The van der Waals surface area contributed by atoms with Crippen molar-refractivity contribution in [3.05, 3.63) is 44.2 Å². The molecule has 1 aliphatic carbocycles. The lowest BCUT2D eigenvalue weighted by Gasteiger charge is -2.30. The Kier molecular flexibility index (Phi) is 3.13. The Morgan fingerprint density at radius 3 is 2.76 bits per heavy atom. The van der Waals surface area contributed by atoms with Gasteiger partial charge in [0, 0.05) is 15.8 Å². The fraction of sp³-hybridized carbons (Fsp3) is 0.375. The first kappa shape index (κ1) is 14.2. The van der Waals surface area contributed by atoms with Gasteiger partial charge in [0.1, 0.15) is 0 Å². The maximum atomic E-state index is 14.4. The SMILES string of the molecule is CC1(C)CCc2c(sc3c(F)c(C(=O)O)ccc3c2=O)C1. The molecule has 1 N–H and O–H groups in total. The zero-order valence-electron chi connectivity index (χ0n) is 11.8. The molecule has 0 saturated heterocycles.